The number of anilines is 2. The SMILES string of the molecule is CCN(CC)c1ccc2c(c1)Oc1cc(N(CC)CC)ccc1C21OC(=O)c2c(Cl)c(Cl)c(C)c(C)c21. The van der Waals surface area contributed by atoms with Crippen LogP contribution in [0.15, 0.2) is 36.4 Å². The van der Waals surface area contributed by atoms with E-state index in [4.69, 9.17) is 32.7 Å². The van der Waals surface area contributed by atoms with Crippen LogP contribution in [0.3, 0.4) is 0 Å². The maximum absolute atomic E-state index is 13.5. The summed E-state index contributed by atoms with van der Waals surface area (Å²) in [6.07, 6.45) is 0. The van der Waals surface area contributed by atoms with Crippen LogP contribution in [0.25, 0.3) is 0 Å². The molecule has 0 saturated heterocycles. The zero-order chi connectivity index (χ0) is 26.6. The highest BCUT2D eigenvalue weighted by atomic mass is 35.5. The number of benzene rings is 3. The summed E-state index contributed by atoms with van der Waals surface area (Å²) in [6, 6.07) is 12.3. The van der Waals surface area contributed by atoms with Gasteiger partial charge in [0.05, 0.1) is 15.6 Å². The maximum atomic E-state index is 13.5. The first-order valence-corrected chi connectivity index (χ1v) is 13.7. The summed E-state index contributed by atoms with van der Waals surface area (Å²) in [6.45, 7) is 15.9. The lowest BCUT2D eigenvalue weighted by Gasteiger charge is -2.38. The third-order valence-electron chi connectivity index (χ3n) is 7.90. The summed E-state index contributed by atoms with van der Waals surface area (Å²) in [4.78, 5) is 18.0. The number of esters is 1. The average Bonchev–Trinajstić information content (AvgIpc) is 3.20. The van der Waals surface area contributed by atoms with Gasteiger partial charge in [-0.05, 0) is 76.9 Å². The molecule has 0 atom stereocenters. The van der Waals surface area contributed by atoms with Gasteiger partial charge < -0.3 is 19.3 Å². The van der Waals surface area contributed by atoms with Crippen molar-refractivity contribution in [3.8, 4) is 11.5 Å². The summed E-state index contributed by atoms with van der Waals surface area (Å²) in [5, 5.41) is 0.615. The molecule has 37 heavy (non-hydrogen) atoms. The highest BCUT2D eigenvalue weighted by molar-refractivity contribution is 6.44. The van der Waals surface area contributed by atoms with Crippen LogP contribution in [0.4, 0.5) is 11.4 Å². The first-order valence-electron chi connectivity index (χ1n) is 12.9. The molecule has 2 heterocycles. The molecule has 1 spiro atoms. The van der Waals surface area contributed by atoms with E-state index in [1.54, 1.807) is 0 Å². The molecular weight excluding hydrogens is 507 g/mol. The van der Waals surface area contributed by atoms with Gasteiger partial charge in [0.25, 0.3) is 0 Å². The quantitative estimate of drug-likeness (QED) is 0.298. The second kappa shape index (κ2) is 9.45. The lowest BCUT2D eigenvalue weighted by atomic mass is 9.75. The third kappa shape index (κ3) is 3.62. The van der Waals surface area contributed by atoms with Gasteiger partial charge in [-0.25, -0.2) is 4.79 Å². The van der Waals surface area contributed by atoms with E-state index < -0.39 is 11.6 Å². The summed E-state index contributed by atoms with van der Waals surface area (Å²) in [5.41, 5.74) is 5.24. The van der Waals surface area contributed by atoms with E-state index >= 15 is 0 Å². The van der Waals surface area contributed by atoms with Gasteiger partial charge in [-0.15, -0.1) is 0 Å². The van der Waals surface area contributed by atoms with E-state index in [1.165, 1.54) is 0 Å². The number of ether oxygens (including phenoxy) is 2. The largest absolute Gasteiger partial charge is 0.456 e. The Morgan fingerprint density at radius 2 is 1.24 bits per heavy atom. The molecule has 194 valence electrons. The molecular formula is C30H32Cl2N2O3. The Morgan fingerprint density at radius 1 is 0.757 bits per heavy atom. The van der Waals surface area contributed by atoms with E-state index in [2.05, 4.69) is 49.6 Å². The van der Waals surface area contributed by atoms with E-state index in [0.29, 0.717) is 22.1 Å². The summed E-state index contributed by atoms with van der Waals surface area (Å²) in [5.74, 6) is 0.846. The highest BCUT2D eigenvalue weighted by Crippen LogP contribution is 2.59. The van der Waals surface area contributed by atoms with Crippen LogP contribution in [0, 0.1) is 13.8 Å². The van der Waals surface area contributed by atoms with Gasteiger partial charge in [0.15, 0.2) is 5.60 Å². The Bertz CT molecular complexity index is 1350. The lowest BCUT2D eigenvalue weighted by molar-refractivity contribution is 0.0223. The Hall–Kier alpha value is -2.89. The number of halogens is 2. The standard InChI is InChI=1S/C30H32Cl2N2O3/c1-7-33(8-2)19-11-13-21-23(15-19)36-24-16-20(34(9-3)10-4)12-14-22(24)30(21)26-17(5)18(6)27(31)28(32)25(26)29(35)37-30/h11-16H,7-10H2,1-6H3. The number of carbonyl (C=O) groups excluding carboxylic acids is 1. The molecule has 5 nitrogen and oxygen atoms in total. The summed E-state index contributed by atoms with van der Waals surface area (Å²) in [7, 11) is 0. The first-order chi connectivity index (χ1) is 17.7. The van der Waals surface area contributed by atoms with Gasteiger partial charge in [0.2, 0.25) is 0 Å². The summed E-state index contributed by atoms with van der Waals surface area (Å²) < 4.78 is 13.0. The van der Waals surface area contributed by atoms with Crippen molar-refractivity contribution < 1.29 is 14.3 Å². The molecule has 3 aromatic rings. The Labute approximate surface area is 228 Å². The molecule has 7 heteroatoms. The Morgan fingerprint density at radius 3 is 1.70 bits per heavy atom. The van der Waals surface area contributed by atoms with Crippen molar-refractivity contribution in [2.75, 3.05) is 36.0 Å². The molecule has 5 rings (SSSR count). The van der Waals surface area contributed by atoms with Crippen LogP contribution in [-0.2, 0) is 10.3 Å². The summed E-state index contributed by atoms with van der Waals surface area (Å²) >= 11 is 13.3. The predicted octanol–water partition coefficient (Wildman–Crippen LogP) is 7.87. The van der Waals surface area contributed by atoms with E-state index in [1.807, 2.05) is 38.1 Å². The molecule has 0 bridgehead atoms. The Kier molecular flexibility index (Phi) is 6.57. The van der Waals surface area contributed by atoms with Crippen molar-refractivity contribution >= 4 is 40.5 Å². The van der Waals surface area contributed by atoms with Gasteiger partial charge in [-0.2, -0.15) is 0 Å². The van der Waals surface area contributed by atoms with Crippen LogP contribution >= 0.6 is 23.2 Å². The molecule has 2 aliphatic heterocycles. The molecule has 0 aromatic heterocycles. The minimum atomic E-state index is -1.19. The first kappa shape index (κ1) is 25.7. The molecule has 2 aliphatic rings. The fourth-order valence-corrected chi connectivity index (χ4v) is 6.33. The molecule has 0 radical (unpaired) electrons. The van der Waals surface area contributed by atoms with Crippen LogP contribution in [0.2, 0.25) is 10.0 Å². The highest BCUT2D eigenvalue weighted by Gasteiger charge is 2.55. The van der Waals surface area contributed by atoms with Gasteiger partial charge in [-0.1, -0.05) is 23.2 Å². The Balaban J connectivity index is 1.85. The van der Waals surface area contributed by atoms with Crippen LogP contribution in [0.1, 0.15) is 65.9 Å². The fourth-order valence-electron chi connectivity index (χ4n) is 5.78. The average molecular weight is 540 g/mol. The number of fused-ring (bicyclic) bond motifs is 6. The predicted molar refractivity (Wildman–Crippen MR) is 151 cm³/mol. The third-order valence-corrected chi connectivity index (χ3v) is 8.84. The van der Waals surface area contributed by atoms with Gasteiger partial charge in [-0.3, -0.25) is 0 Å². The van der Waals surface area contributed by atoms with Crippen LogP contribution < -0.4 is 14.5 Å². The molecule has 0 fully saturated rings. The fraction of sp³-hybridized carbons (Fsp3) is 0.367. The number of rotatable bonds is 6. The van der Waals surface area contributed by atoms with Gasteiger partial charge in [0, 0.05) is 66.4 Å². The monoisotopic (exact) mass is 538 g/mol. The number of nitrogens with zero attached hydrogens (tertiary/aromatic N) is 2. The zero-order valence-electron chi connectivity index (χ0n) is 22.2. The molecule has 0 unspecified atom stereocenters. The number of carbonyl (C=O) groups is 1. The number of hydrogen-bond acceptors (Lipinski definition) is 5. The minimum Gasteiger partial charge on any atom is -0.456 e. The van der Waals surface area contributed by atoms with E-state index in [9.17, 15) is 4.79 Å². The maximum Gasteiger partial charge on any atom is 0.341 e. The second-order valence-corrected chi connectivity index (χ2v) is 10.3. The van der Waals surface area contributed by atoms with E-state index in [-0.39, 0.29) is 5.02 Å². The number of hydrogen-bond donors (Lipinski definition) is 0. The van der Waals surface area contributed by atoms with E-state index in [0.717, 1.165) is 65.4 Å². The molecule has 0 N–H and O–H groups in total. The smallest absolute Gasteiger partial charge is 0.341 e. The van der Waals surface area contributed by atoms with Crippen LogP contribution in [-0.4, -0.2) is 32.1 Å². The topological polar surface area (TPSA) is 42.0 Å². The van der Waals surface area contributed by atoms with Crippen molar-refractivity contribution in [3.63, 3.8) is 0 Å². The van der Waals surface area contributed by atoms with Gasteiger partial charge in [0.1, 0.15) is 11.5 Å². The second-order valence-electron chi connectivity index (χ2n) is 9.51. The molecule has 0 aliphatic carbocycles. The molecule has 3 aromatic carbocycles. The van der Waals surface area contributed by atoms with Crippen molar-refractivity contribution in [3.05, 3.63) is 79.8 Å². The molecule has 0 amide bonds. The van der Waals surface area contributed by atoms with Crippen molar-refractivity contribution in [1.82, 2.24) is 0 Å². The normalized spacial score (nSPS) is 14.5. The van der Waals surface area contributed by atoms with Gasteiger partial charge >= 0.3 is 5.97 Å². The van der Waals surface area contributed by atoms with Crippen molar-refractivity contribution in [1.29, 1.82) is 0 Å². The minimum absolute atomic E-state index is 0.232. The zero-order valence-corrected chi connectivity index (χ0v) is 23.7. The lowest BCUT2D eigenvalue weighted by Crippen LogP contribution is -2.34. The molecule has 0 saturated carbocycles. The van der Waals surface area contributed by atoms with Crippen molar-refractivity contribution in [2.24, 2.45) is 0 Å². The van der Waals surface area contributed by atoms with Crippen molar-refractivity contribution in [2.45, 2.75) is 47.1 Å². The van der Waals surface area contributed by atoms with Crippen LogP contribution in [0.5, 0.6) is 11.5 Å².